The zero-order valence-electron chi connectivity index (χ0n) is 8.88. The number of hydrogen-bond acceptors (Lipinski definition) is 5. The Morgan fingerprint density at radius 2 is 1.72 bits per heavy atom. The SMILES string of the molecule is NCCC(=O)OC(=O)c1ccccc1C(=O)O.[CaH2]. The van der Waals surface area contributed by atoms with E-state index in [0.717, 1.165) is 0 Å². The topological polar surface area (TPSA) is 107 Å². The van der Waals surface area contributed by atoms with E-state index in [1.165, 1.54) is 24.3 Å². The molecule has 0 spiro atoms. The van der Waals surface area contributed by atoms with Crippen LogP contribution in [0, 0.1) is 0 Å². The van der Waals surface area contributed by atoms with E-state index in [1.807, 2.05) is 0 Å². The summed E-state index contributed by atoms with van der Waals surface area (Å²) < 4.78 is 4.45. The van der Waals surface area contributed by atoms with Gasteiger partial charge in [0.1, 0.15) is 0 Å². The summed E-state index contributed by atoms with van der Waals surface area (Å²) in [6.45, 7) is 0.0622. The van der Waals surface area contributed by atoms with E-state index in [1.54, 1.807) is 0 Å². The predicted octanol–water partition coefficient (Wildman–Crippen LogP) is -0.499. The molecule has 6 nitrogen and oxygen atoms in total. The molecule has 1 aromatic rings. The van der Waals surface area contributed by atoms with Gasteiger partial charge in [-0.15, -0.1) is 0 Å². The average Bonchev–Trinajstić information content (AvgIpc) is 2.29. The first kappa shape index (κ1) is 17.0. The van der Waals surface area contributed by atoms with Crippen LogP contribution in [0.5, 0.6) is 0 Å². The zero-order valence-corrected chi connectivity index (χ0v) is 8.88. The molecule has 0 unspecified atom stereocenters. The van der Waals surface area contributed by atoms with E-state index in [-0.39, 0.29) is 61.8 Å². The van der Waals surface area contributed by atoms with Crippen molar-refractivity contribution in [1.29, 1.82) is 0 Å². The van der Waals surface area contributed by atoms with Gasteiger partial charge in [0.2, 0.25) is 0 Å². The van der Waals surface area contributed by atoms with Crippen LogP contribution in [0.4, 0.5) is 0 Å². The Morgan fingerprint density at radius 1 is 1.17 bits per heavy atom. The third-order valence-electron chi connectivity index (χ3n) is 1.93. The van der Waals surface area contributed by atoms with Crippen LogP contribution in [-0.4, -0.2) is 67.3 Å². The van der Waals surface area contributed by atoms with Gasteiger partial charge in [0.15, 0.2) is 0 Å². The van der Waals surface area contributed by atoms with Gasteiger partial charge in [-0.3, -0.25) is 4.79 Å². The minimum absolute atomic E-state index is 0. The van der Waals surface area contributed by atoms with Crippen LogP contribution in [0.25, 0.3) is 0 Å². The number of ether oxygens (including phenoxy) is 1. The van der Waals surface area contributed by atoms with Crippen LogP contribution in [0.2, 0.25) is 0 Å². The maximum absolute atomic E-state index is 11.5. The Morgan fingerprint density at radius 3 is 2.22 bits per heavy atom. The maximum atomic E-state index is 11.5. The molecule has 0 saturated heterocycles. The van der Waals surface area contributed by atoms with Gasteiger partial charge in [-0.2, -0.15) is 0 Å². The molecule has 0 heterocycles. The fourth-order valence-electron chi connectivity index (χ4n) is 1.17. The standard InChI is InChI=1S/C11H11NO5.Ca.2H/c12-6-5-9(13)17-11(16)8-4-2-1-3-7(8)10(14)15;;;/h1-4H,5-6,12H2,(H,14,15);;;. The first-order chi connectivity index (χ1) is 8.06. The molecule has 94 valence electrons. The number of carboxylic acids is 1. The molecule has 0 fully saturated rings. The molecule has 0 amide bonds. The predicted molar refractivity (Wildman–Crippen MR) is 66.0 cm³/mol. The summed E-state index contributed by atoms with van der Waals surface area (Å²) in [5.74, 6) is -3.03. The summed E-state index contributed by atoms with van der Waals surface area (Å²) in [7, 11) is 0. The molecule has 0 bridgehead atoms. The molecule has 0 aliphatic carbocycles. The van der Waals surface area contributed by atoms with Crippen molar-refractivity contribution >= 4 is 55.6 Å². The van der Waals surface area contributed by atoms with E-state index >= 15 is 0 Å². The number of aromatic carboxylic acids is 1. The van der Waals surface area contributed by atoms with E-state index in [9.17, 15) is 14.4 Å². The van der Waals surface area contributed by atoms with Crippen molar-refractivity contribution in [3.05, 3.63) is 35.4 Å². The van der Waals surface area contributed by atoms with Crippen molar-refractivity contribution in [3.8, 4) is 0 Å². The summed E-state index contributed by atoms with van der Waals surface area (Å²) in [6.07, 6.45) is -0.0963. The van der Waals surface area contributed by atoms with E-state index in [4.69, 9.17) is 10.8 Å². The normalized spacial score (nSPS) is 9.17. The number of carboxylic acid groups (broad SMARTS) is 1. The van der Waals surface area contributed by atoms with E-state index in [0.29, 0.717) is 0 Å². The number of benzene rings is 1. The molecule has 0 saturated carbocycles. The molecule has 3 N–H and O–H groups in total. The monoisotopic (exact) mass is 279 g/mol. The Bertz CT molecular complexity index is 461. The van der Waals surface area contributed by atoms with Gasteiger partial charge >= 0.3 is 55.6 Å². The summed E-state index contributed by atoms with van der Waals surface area (Å²) in [4.78, 5) is 33.4. The summed E-state index contributed by atoms with van der Waals surface area (Å²) >= 11 is 0. The Labute approximate surface area is 133 Å². The van der Waals surface area contributed by atoms with Crippen LogP contribution in [0.15, 0.2) is 24.3 Å². The molecule has 0 aliphatic heterocycles. The van der Waals surface area contributed by atoms with Crippen molar-refractivity contribution in [1.82, 2.24) is 0 Å². The van der Waals surface area contributed by atoms with Gasteiger partial charge in [0.25, 0.3) is 0 Å². The zero-order chi connectivity index (χ0) is 12.8. The van der Waals surface area contributed by atoms with Crippen molar-refractivity contribution in [2.75, 3.05) is 6.54 Å². The Hall–Kier alpha value is -0.950. The second kappa shape index (κ2) is 8.20. The number of rotatable bonds is 4. The van der Waals surface area contributed by atoms with Crippen molar-refractivity contribution in [2.45, 2.75) is 6.42 Å². The van der Waals surface area contributed by atoms with Gasteiger partial charge in [-0.25, -0.2) is 9.59 Å². The van der Waals surface area contributed by atoms with E-state index < -0.39 is 17.9 Å². The first-order valence-corrected chi connectivity index (χ1v) is 4.83. The third-order valence-corrected chi connectivity index (χ3v) is 1.93. The van der Waals surface area contributed by atoms with Crippen molar-refractivity contribution < 1.29 is 24.2 Å². The quantitative estimate of drug-likeness (QED) is 0.437. The number of carbonyl (C=O) groups is 3. The van der Waals surface area contributed by atoms with Gasteiger partial charge in [0, 0.05) is 6.54 Å². The summed E-state index contributed by atoms with van der Waals surface area (Å²) in [5, 5.41) is 8.84. The molecule has 1 aromatic carbocycles. The van der Waals surface area contributed by atoms with Crippen molar-refractivity contribution in [2.24, 2.45) is 5.73 Å². The van der Waals surface area contributed by atoms with Crippen LogP contribution in [-0.2, 0) is 9.53 Å². The van der Waals surface area contributed by atoms with Gasteiger partial charge < -0.3 is 15.6 Å². The fraction of sp³-hybridized carbons (Fsp3) is 0.182. The van der Waals surface area contributed by atoms with Gasteiger partial charge in [-0.1, -0.05) is 12.1 Å². The molecule has 0 atom stereocenters. The molecule has 18 heavy (non-hydrogen) atoms. The fourth-order valence-corrected chi connectivity index (χ4v) is 1.17. The van der Waals surface area contributed by atoms with Crippen molar-refractivity contribution in [3.63, 3.8) is 0 Å². The average molecular weight is 279 g/mol. The van der Waals surface area contributed by atoms with Gasteiger partial charge in [0.05, 0.1) is 17.5 Å². The third kappa shape index (κ3) is 4.73. The molecular formula is C11H13CaNO5. The Kier molecular flexibility index (Phi) is 7.77. The summed E-state index contributed by atoms with van der Waals surface area (Å²) in [5.41, 5.74) is 4.74. The molecule has 1 rings (SSSR count). The molecule has 0 aromatic heterocycles. The minimum atomic E-state index is -1.26. The molecule has 0 radical (unpaired) electrons. The Balaban J connectivity index is 0.00000289. The molecule has 0 aliphatic rings. The number of carbonyl (C=O) groups excluding carboxylic acids is 2. The second-order valence-electron chi connectivity index (χ2n) is 3.15. The second-order valence-corrected chi connectivity index (χ2v) is 3.15. The van der Waals surface area contributed by atoms with Crippen LogP contribution in [0.3, 0.4) is 0 Å². The number of nitrogens with two attached hydrogens (primary N) is 1. The van der Waals surface area contributed by atoms with Gasteiger partial charge in [-0.05, 0) is 12.1 Å². The number of hydrogen-bond donors (Lipinski definition) is 2. The molecular weight excluding hydrogens is 266 g/mol. The number of esters is 2. The van der Waals surface area contributed by atoms with Crippen LogP contribution in [0.1, 0.15) is 27.1 Å². The van der Waals surface area contributed by atoms with Crippen LogP contribution >= 0.6 is 0 Å². The summed E-state index contributed by atoms with van der Waals surface area (Å²) in [6, 6.07) is 5.49. The van der Waals surface area contributed by atoms with Crippen LogP contribution < -0.4 is 5.73 Å². The molecule has 7 heteroatoms. The van der Waals surface area contributed by atoms with E-state index in [2.05, 4.69) is 4.74 Å². The first-order valence-electron chi connectivity index (χ1n) is 4.83.